The van der Waals surface area contributed by atoms with Gasteiger partial charge in [-0.05, 0) is 63.9 Å². The lowest BCUT2D eigenvalue weighted by molar-refractivity contribution is 0.770. The Hall–Kier alpha value is -2.40. The highest BCUT2D eigenvalue weighted by molar-refractivity contribution is 5.85. The SMILES string of the molecule is Cc1cc(C)cc(Nc2cc(C)nc(-n3nc(C)cc3C)n2)c1.Cl. The second kappa shape index (κ2) is 7.01. The summed E-state index contributed by atoms with van der Waals surface area (Å²) < 4.78 is 1.77. The van der Waals surface area contributed by atoms with Crippen molar-refractivity contribution in [1.29, 1.82) is 0 Å². The first-order valence-corrected chi connectivity index (χ1v) is 7.65. The molecule has 0 unspecified atom stereocenters. The Bertz CT molecular complexity index is 850. The Labute approximate surface area is 148 Å². The number of aryl methyl sites for hydroxylation is 5. The summed E-state index contributed by atoms with van der Waals surface area (Å²) in [6, 6.07) is 10.3. The molecule has 2 heterocycles. The average Bonchev–Trinajstić information content (AvgIpc) is 2.75. The Morgan fingerprint density at radius 1 is 0.792 bits per heavy atom. The van der Waals surface area contributed by atoms with Crippen molar-refractivity contribution in [2.75, 3.05) is 5.32 Å². The molecule has 0 aliphatic heterocycles. The van der Waals surface area contributed by atoms with Gasteiger partial charge in [0.15, 0.2) is 0 Å². The molecular formula is C18H22ClN5. The molecule has 0 spiro atoms. The topological polar surface area (TPSA) is 55.6 Å². The maximum Gasteiger partial charge on any atom is 0.252 e. The smallest absolute Gasteiger partial charge is 0.252 e. The molecule has 6 heteroatoms. The summed E-state index contributed by atoms with van der Waals surface area (Å²) in [5.41, 5.74) is 6.34. The highest BCUT2D eigenvalue weighted by Gasteiger charge is 2.09. The van der Waals surface area contributed by atoms with E-state index >= 15 is 0 Å². The van der Waals surface area contributed by atoms with Gasteiger partial charge in [0.2, 0.25) is 0 Å². The molecule has 0 aliphatic carbocycles. The lowest BCUT2D eigenvalue weighted by atomic mass is 10.1. The number of hydrogen-bond acceptors (Lipinski definition) is 4. The number of nitrogens with zero attached hydrogens (tertiary/aromatic N) is 4. The van der Waals surface area contributed by atoms with Crippen molar-refractivity contribution in [3.05, 3.63) is 58.5 Å². The summed E-state index contributed by atoms with van der Waals surface area (Å²) in [5.74, 6) is 1.35. The van der Waals surface area contributed by atoms with Crippen molar-refractivity contribution in [1.82, 2.24) is 19.7 Å². The monoisotopic (exact) mass is 343 g/mol. The van der Waals surface area contributed by atoms with Crippen LogP contribution in [0.1, 0.15) is 28.2 Å². The fourth-order valence-electron chi connectivity index (χ4n) is 2.74. The van der Waals surface area contributed by atoms with E-state index in [0.29, 0.717) is 5.95 Å². The fraction of sp³-hybridized carbons (Fsp3) is 0.278. The first-order chi connectivity index (χ1) is 10.9. The minimum absolute atomic E-state index is 0. The average molecular weight is 344 g/mol. The van der Waals surface area contributed by atoms with E-state index in [-0.39, 0.29) is 12.4 Å². The molecule has 0 amide bonds. The maximum absolute atomic E-state index is 4.61. The van der Waals surface area contributed by atoms with Crippen LogP contribution in [-0.2, 0) is 0 Å². The van der Waals surface area contributed by atoms with Crippen molar-refractivity contribution in [2.24, 2.45) is 0 Å². The molecule has 0 fully saturated rings. The van der Waals surface area contributed by atoms with Crippen LogP contribution < -0.4 is 5.32 Å². The first kappa shape index (κ1) is 17.9. The number of halogens is 1. The van der Waals surface area contributed by atoms with Crippen LogP contribution in [0.5, 0.6) is 0 Å². The molecule has 0 aliphatic rings. The standard InChI is InChI=1S/C18H21N5.ClH/c1-11-6-12(2)8-16(7-11)20-17-10-13(3)19-18(21-17)23-15(5)9-14(4)22-23;/h6-10H,1-5H3,(H,19,20,21);1H. The van der Waals surface area contributed by atoms with E-state index in [1.807, 2.05) is 32.9 Å². The van der Waals surface area contributed by atoms with Gasteiger partial charge in [0.1, 0.15) is 5.82 Å². The lowest BCUT2D eigenvalue weighted by Gasteiger charge is -2.10. The quantitative estimate of drug-likeness (QED) is 0.767. The van der Waals surface area contributed by atoms with Gasteiger partial charge in [-0.2, -0.15) is 10.1 Å². The highest BCUT2D eigenvalue weighted by Crippen LogP contribution is 2.20. The number of hydrogen-bond donors (Lipinski definition) is 1. The Morgan fingerprint density at radius 2 is 1.46 bits per heavy atom. The third-order valence-electron chi connectivity index (χ3n) is 3.54. The van der Waals surface area contributed by atoms with Crippen LogP contribution in [0.2, 0.25) is 0 Å². The van der Waals surface area contributed by atoms with Gasteiger partial charge < -0.3 is 5.32 Å². The zero-order valence-electron chi connectivity index (χ0n) is 14.6. The molecule has 0 atom stereocenters. The normalized spacial score (nSPS) is 10.4. The molecule has 0 bridgehead atoms. The lowest BCUT2D eigenvalue weighted by Crippen LogP contribution is -2.08. The predicted octanol–water partition coefficient (Wildman–Crippen LogP) is 4.37. The number of anilines is 2. The zero-order valence-corrected chi connectivity index (χ0v) is 15.4. The molecule has 3 rings (SSSR count). The number of aromatic nitrogens is 4. The van der Waals surface area contributed by atoms with Crippen LogP contribution in [-0.4, -0.2) is 19.7 Å². The van der Waals surface area contributed by atoms with Crippen molar-refractivity contribution in [2.45, 2.75) is 34.6 Å². The fourth-order valence-corrected chi connectivity index (χ4v) is 2.74. The summed E-state index contributed by atoms with van der Waals surface area (Å²) >= 11 is 0. The molecule has 1 N–H and O–H groups in total. The maximum atomic E-state index is 4.61. The molecule has 5 nitrogen and oxygen atoms in total. The minimum Gasteiger partial charge on any atom is -0.340 e. The second-order valence-corrected chi connectivity index (χ2v) is 6.03. The van der Waals surface area contributed by atoms with Gasteiger partial charge >= 0.3 is 0 Å². The van der Waals surface area contributed by atoms with Crippen LogP contribution >= 0.6 is 12.4 Å². The second-order valence-electron chi connectivity index (χ2n) is 6.03. The molecule has 0 saturated carbocycles. The van der Waals surface area contributed by atoms with Crippen LogP contribution in [0.4, 0.5) is 11.5 Å². The van der Waals surface area contributed by atoms with Crippen molar-refractivity contribution < 1.29 is 0 Å². The van der Waals surface area contributed by atoms with E-state index in [9.17, 15) is 0 Å². The number of rotatable bonds is 3. The Balaban J connectivity index is 0.00000208. The third kappa shape index (κ3) is 3.92. The summed E-state index contributed by atoms with van der Waals surface area (Å²) in [6.45, 7) is 10.1. The van der Waals surface area contributed by atoms with Crippen molar-refractivity contribution >= 4 is 23.9 Å². The molecule has 0 saturated heterocycles. The zero-order chi connectivity index (χ0) is 16.6. The van der Waals surface area contributed by atoms with Crippen molar-refractivity contribution in [3.8, 4) is 5.95 Å². The van der Waals surface area contributed by atoms with E-state index in [2.05, 4.69) is 52.4 Å². The van der Waals surface area contributed by atoms with Crippen LogP contribution in [0, 0.1) is 34.6 Å². The summed E-state index contributed by atoms with van der Waals surface area (Å²) in [4.78, 5) is 9.12. The van der Waals surface area contributed by atoms with E-state index in [1.165, 1.54) is 11.1 Å². The first-order valence-electron chi connectivity index (χ1n) is 7.65. The Kier molecular flexibility index (Phi) is 5.24. The molecule has 24 heavy (non-hydrogen) atoms. The summed E-state index contributed by atoms with van der Waals surface area (Å²) in [6.07, 6.45) is 0. The third-order valence-corrected chi connectivity index (χ3v) is 3.54. The van der Waals surface area contributed by atoms with E-state index in [4.69, 9.17) is 0 Å². The molecular weight excluding hydrogens is 322 g/mol. The molecule has 126 valence electrons. The number of nitrogens with one attached hydrogen (secondary N) is 1. The van der Waals surface area contributed by atoms with E-state index < -0.39 is 0 Å². The van der Waals surface area contributed by atoms with Crippen LogP contribution in [0.25, 0.3) is 5.95 Å². The van der Waals surface area contributed by atoms with Gasteiger partial charge in [-0.1, -0.05) is 6.07 Å². The van der Waals surface area contributed by atoms with Gasteiger partial charge in [0, 0.05) is 23.1 Å². The molecule has 1 aromatic carbocycles. The highest BCUT2D eigenvalue weighted by atomic mass is 35.5. The van der Waals surface area contributed by atoms with E-state index in [1.54, 1.807) is 4.68 Å². The minimum atomic E-state index is 0. The van der Waals surface area contributed by atoms with Gasteiger partial charge in [-0.25, -0.2) is 9.67 Å². The Morgan fingerprint density at radius 3 is 2.04 bits per heavy atom. The van der Waals surface area contributed by atoms with E-state index in [0.717, 1.165) is 28.6 Å². The van der Waals surface area contributed by atoms with Crippen LogP contribution in [0.3, 0.4) is 0 Å². The van der Waals surface area contributed by atoms with Crippen molar-refractivity contribution in [3.63, 3.8) is 0 Å². The molecule has 0 radical (unpaired) electrons. The van der Waals surface area contributed by atoms with Gasteiger partial charge in [0.25, 0.3) is 5.95 Å². The molecule has 2 aromatic heterocycles. The largest absolute Gasteiger partial charge is 0.340 e. The van der Waals surface area contributed by atoms with Gasteiger partial charge in [0.05, 0.1) is 5.69 Å². The molecule has 3 aromatic rings. The van der Waals surface area contributed by atoms with Gasteiger partial charge in [-0.3, -0.25) is 0 Å². The summed E-state index contributed by atoms with van der Waals surface area (Å²) in [7, 11) is 0. The summed E-state index contributed by atoms with van der Waals surface area (Å²) in [5, 5.41) is 7.83. The van der Waals surface area contributed by atoms with Gasteiger partial charge in [-0.15, -0.1) is 12.4 Å². The van der Waals surface area contributed by atoms with Crippen LogP contribution in [0.15, 0.2) is 30.3 Å². The predicted molar refractivity (Wildman–Crippen MR) is 99.8 cm³/mol. The number of benzene rings is 1.